The fourth-order valence-corrected chi connectivity index (χ4v) is 9.58. The molecule has 240 valence electrons. The number of benzene rings is 2. The number of aliphatic hydroxyl groups is 1. The van der Waals surface area contributed by atoms with Gasteiger partial charge >= 0.3 is 0 Å². The van der Waals surface area contributed by atoms with Gasteiger partial charge in [-0.3, -0.25) is 4.79 Å². The maximum atomic E-state index is 13.8. The van der Waals surface area contributed by atoms with Gasteiger partial charge in [-0.1, -0.05) is 42.8 Å². The van der Waals surface area contributed by atoms with E-state index in [0.29, 0.717) is 36.8 Å². The zero-order valence-corrected chi connectivity index (χ0v) is 27.9. The summed E-state index contributed by atoms with van der Waals surface area (Å²) in [6.45, 7) is 3.71. The Bertz CT molecular complexity index is 1640. The van der Waals surface area contributed by atoms with Crippen LogP contribution < -0.4 is 14.4 Å². The van der Waals surface area contributed by atoms with Crippen LogP contribution in [0.5, 0.6) is 5.75 Å². The van der Waals surface area contributed by atoms with Gasteiger partial charge in [-0.2, -0.15) is 0 Å². The van der Waals surface area contributed by atoms with Gasteiger partial charge < -0.3 is 14.7 Å². The molecule has 1 amide bonds. The van der Waals surface area contributed by atoms with Crippen LogP contribution in [-0.4, -0.2) is 43.9 Å². The second-order valence-corrected chi connectivity index (χ2v) is 16.1. The van der Waals surface area contributed by atoms with Crippen molar-refractivity contribution in [2.75, 3.05) is 18.0 Å². The molecule has 1 unspecified atom stereocenters. The van der Waals surface area contributed by atoms with E-state index in [0.717, 1.165) is 54.8 Å². The van der Waals surface area contributed by atoms with Crippen LogP contribution in [0.1, 0.15) is 65.4 Å². The molecule has 45 heavy (non-hydrogen) atoms. The Morgan fingerprint density at radius 2 is 1.98 bits per heavy atom. The summed E-state index contributed by atoms with van der Waals surface area (Å²) < 4.78 is 36.5. The average Bonchev–Trinajstić information content (AvgIpc) is 3.50. The number of amides is 1. The molecule has 1 fully saturated rings. The molecule has 0 spiro atoms. The van der Waals surface area contributed by atoms with Gasteiger partial charge in [-0.15, -0.1) is 11.3 Å². The Labute approximate surface area is 275 Å². The zero-order chi connectivity index (χ0) is 31.6. The van der Waals surface area contributed by atoms with Crippen molar-refractivity contribution in [1.29, 1.82) is 0 Å². The molecule has 3 heterocycles. The van der Waals surface area contributed by atoms with Gasteiger partial charge in [0, 0.05) is 35.0 Å². The van der Waals surface area contributed by atoms with Crippen LogP contribution in [0.3, 0.4) is 0 Å². The van der Waals surface area contributed by atoms with Crippen molar-refractivity contribution in [1.82, 2.24) is 4.72 Å². The predicted octanol–water partition coefficient (Wildman–Crippen LogP) is 6.78. The van der Waals surface area contributed by atoms with Crippen LogP contribution in [0.25, 0.3) is 0 Å². The summed E-state index contributed by atoms with van der Waals surface area (Å²) in [5, 5.41) is 13.0. The minimum atomic E-state index is -4.04. The summed E-state index contributed by atoms with van der Waals surface area (Å²) in [5.74, 6) is 0.123. The second kappa shape index (κ2) is 13.9. The lowest BCUT2D eigenvalue weighted by molar-refractivity contribution is 0.0461. The highest BCUT2D eigenvalue weighted by Gasteiger charge is 2.38. The summed E-state index contributed by atoms with van der Waals surface area (Å²) in [6, 6.07) is 14.9. The highest BCUT2D eigenvalue weighted by atomic mass is 35.5. The van der Waals surface area contributed by atoms with Crippen LogP contribution in [-0.2, 0) is 29.5 Å². The number of allylic oxidation sites excluding steroid dienone is 1. The first-order valence-electron chi connectivity index (χ1n) is 15.9. The van der Waals surface area contributed by atoms with Crippen LogP contribution in [0.4, 0.5) is 5.69 Å². The third kappa shape index (κ3) is 7.43. The number of rotatable bonds is 2. The molecule has 5 atom stereocenters. The summed E-state index contributed by atoms with van der Waals surface area (Å²) in [5.41, 5.74) is 3.28. The summed E-state index contributed by atoms with van der Waals surface area (Å²) in [6.07, 6.45) is 8.67. The van der Waals surface area contributed by atoms with E-state index in [-0.39, 0.29) is 23.3 Å². The molecule has 3 aliphatic rings. The number of ether oxygens (including phenoxy) is 1. The van der Waals surface area contributed by atoms with Crippen LogP contribution in [0.2, 0.25) is 5.02 Å². The highest BCUT2D eigenvalue weighted by molar-refractivity contribution is 7.90. The number of hydrogen-bond donors (Lipinski definition) is 2. The molecule has 1 aromatic heterocycles. The van der Waals surface area contributed by atoms with Crippen LogP contribution >= 0.6 is 22.9 Å². The molecule has 6 rings (SSSR count). The van der Waals surface area contributed by atoms with Gasteiger partial charge in [0.15, 0.2) is 0 Å². The van der Waals surface area contributed by atoms with Gasteiger partial charge in [0.1, 0.15) is 12.4 Å². The second-order valence-electron chi connectivity index (χ2n) is 12.7. The van der Waals surface area contributed by atoms with E-state index in [1.165, 1.54) is 16.9 Å². The van der Waals surface area contributed by atoms with E-state index in [1.807, 2.05) is 54.8 Å². The zero-order valence-electron chi connectivity index (χ0n) is 25.5. The minimum absolute atomic E-state index is 0.121. The van der Waals surface area contributed by atoms with Crippen molar-refractivity contribution < 1.29 is 23.1 Å². The number of aryl methyl sites for hydroxylation is 1. The van der Waals surface area contributed by atoms with E-state index < -0.39 is 27.3 Å². The Morgan fingerprint density at radius 1 is 1.11 bits per heavy atom. The van der Waals surface area contributed by atoms with E-state index >= 15 is 0 Å². The summed E-state index contributed by atoms with van der Waals surface area (Å²) in [7, 11) is -4.04. The lowest BCUT2D eigenvalue weighted by Gasteiger charge is -2.42. The fraction of sp³-hybridized carbons (Fsp3) is 0.457. The van der Waals surface area contributed by atoms with Crippen molar-refractivity contribution in [3.8, 4) is 5.75 Å². The number of carbonyl (C=O) groups is 1. The number of thiophene rings is 1. The molecular weight excluding hydrogens is 628 g/mol. The van der Waals surface area contributed by atoms with E-state index in [1.54, 1.807) is 18.2 Å². The van der Waals surface area contributed by atoms with E-state index in [2.05, 4.69) is 9.62 Å². The van der Waals surface area contributed by atoms with Crippen molar-refractivity contribution in [3.05, 3.63) is 92.7 Å². The fourth-order valence-electron chi connectivity index (χ4n) is 6.87. The molecule has 1 saturated carbocycles. The first-order chi connectivity index (χ1) is 21.7. The van der Waals surface area contributed by atoms with Gasteiger partial charge in [-0.05, 0) is 109 Å². The number of nitrogens with one attached hydrogen (secondary N) is 1. The van der Waals surface area contributed by atoms with Crippen LogP contribution in [0.15, 0.2) is 66.1 Å². The molecule has 2 bridgehead atoms. The number of carbonyl (C=O) groups excluding carboxylic acids is 1. The standard InChI is InChI=1S/C35H41ClN2O5S2/c1-23-6-4-9-32(39)30-14-11-26(30)21-38-16-3-2-7-24-18-28(36)13-10-27(24)22-43-33-15-12-25(19-31(33)38)35(40)37-45(41,42)34(23)20-29-8-5-17-44-29/h4-5,8-10,12-13,15,17-19,23,26,30,32,34,39H,2-3,6-7,11,14,16,20-22H2,1H3,(H,37,40)/b9-4+/t23-,26+,30-,32+,34?/m1/s1. The summed E-state index contributed by atoms with van der Waals surface area (Å²) in [4.78, 5) is 16.9. The number of fused-ring (bicyclic) bond motifs is 3. The van der Waals surface area contributed by atoms with Gasteiger partial charge in [-0.25, -0.2) is 13.1 Å². The molecule has 0 radical (unpaired) electrons. The molecule has 2 N–H and O–H groups in total. The van der Waals surface area contributed by atoms with Crippen molar-refractivity contribution in [2.24, 2.45) is 17.8 Å². The maximum Gasteiger partial charge on any atom is 0.264 e. The summed E-state index contributed by atoms with van der Waals surface area (Å²) >= 11 is 7.83. The van der Waals surface area contributed by atoms with Crippen molar-refractivity contribution in [3.63, 3.8) is 0 Å². The lowest BCUT2D eigenvalue weighted by atomic mass is 9.70. The smallest absolute Gasteiger partial charge is 0.264 e. The van der Waals surface area contributed by atoms with E-state index in [4.69, 9.17) is 16.3 Å². The third-order valence-corrected chi connectivity index (χ3v) is 12.7. The average molecular weight is 669 g/mol. The molecule has 2 aliphatic heterocycles. The first-order valence-corrected chi connectivity index (χ1v) is 18.7. The van der Waals surface area contributed by atoms with Crippen LogP contribution in [0, 0.1) is 17.8 Å². The quantitative estimate of drug-likeness (QED) is 0.293. The van der Waals surface area contributed by atoms with Crippen molar-refractivity contribution >= 4 is 44.6 Å². The Morgan fingerprint density at radius 3 is 2.76 bits per heavy atom. The topological polar surface area (TPSA) is 95.9 Å². The number of hydrogen-bond acceptors (Lipinski definition) is 7. The SMILES string of the molecule is C[C@@H]1C/C=C/[C@H](O)[C@@H]2CC[C@H]2CN2CCCCc3cc(Cl)ccc3COc3ccc(cc32)C(=O)NS(=O)(=O)C1Cc1cccs1. The van der Waals surface area contributed by atoms with E-state index in [9.17, 15) is 18.3 Å². The molecule has 1 aliphatic carbocycles. The minimum Gasteiger partial charge on any atom is -0.487 e. The Hall–Kier alpha value is -2.85. The molecule has 2 aromatic carbocycles. The third-order valence-electron chi connectivity index (χ3n) is 9.70. The lowest BCUT2D eigenvalue weighted by Crippen LogP contribution is -2.44. The number of nitrogens with zero attached hydrogens (tertiary/aromatic N) is 1. The normalized spacial score (nSPS) is 27.8. The largest absolute Gasteiger partial charge is 0.487 e. The molecule has 7 nitrogen and oxygen atoms in total. The highest BCUT2D eigenvalue weighted by Crippen LogP contribution is 2.41. The first kappa shape index (κ1) is 32.1. The maximum absolute atomic E-state index is 13.8. The monoisotopic (exact) mass is 668 g/mol. The number of halogens is 1. The van der Waals surface area contributed by atoms with Gasteiger partial charge in [0.2, 0.25) is 10.0 Å². The predicted molar refractivity (Wildman–Crippen MR) is 181 cm³/mol. The molecular formula is C35H41ClN2O5S2. The number of aliphatic hydroxyl groups excluding tert-OH is 1. The van der Waals surface area contributed by atoms with Crippen molar-refractivity contribution in [2.45, 2.75) is 69.8 Å². The molecule has 3 aromatic rings. The number of anilines is 1. The Balaban J connectivity index is 1.38. The molecule has 10 heteroatoms. The number of sulfonamides is 1. The van der Waals surface area contributed by atoms with Gasteiger partial charge in [0.05, 0.1) is 17.0 Å². The van der Waals surface area contributed by atoms with Gasteiger partial charge in [0.25, 0.3) is 5.91 Å². The Kier molecular flexibility index (Phi) is 9.90. The molecule has 0 saturated heterocycles.